The zero-order valence-electron chi connectivity index (χ0n) is 36.4. The van der Waals surface area contributed by atoms with Gasteiger partial charge in [0.25, 0.3) is 0 Å². The Kier molecular flexibility index (Phi) is 14.2. The zero-order chi connectivity index (χ0) is 44.6. The molecule has 6 aromatic rings. The first-order valence-corrected chi connectivity index (χ1v) is 23.1. The number of hydrogen-bond acceptors (Lipinski definition) is 9. The Morgan fingerprint density at radius 2 is 1.38 bits per heavy atom. The van der Waals surface area contributed by atoms with Gasteiger partial charge in [-0.05, 0) is 83.0 Å². The summed E-state index contributed by atoms with van der Waals surface area (Å²) in [5.74, 6) is 0.833. The van der Waals surface area contributed by atoms with Crippen LogP contribution in [0.5, 0.6) is 11.5 Å². The predicted octanol–water partition coefficient (Wildman–Crippen LogP) is 7.71. The van der Waals surface area contributed by atoms with Crippen molar-refractivity contribution in [2.75, 3.05) is 27.3 Å². The molecule has 12 heteroatoms. The molecular formula is C52H55N3O8S. The smallest absolute Gasteiger partial charge is 0.241 e. The molecule has 64 heavy (non-hydrogen) atoms. The molecule has 5 atom stereocenters. The highest BCUT2D eigenvalue weighted by atomic mass is 32.2. The van der Waals surface area contributed by atoms with E-state index in [2.05, 4.69) is 39.2 Å². The van der Waals surface area contributed by atoms with Crippen molar-refractivity contribution in [3.8, 4) is 11.5 Å². The Morgan fingerprint density at radius 1 is 0.750 bits per heavy atom. The number of aryl methyl sites for hydroxylation is 1. The molecule has 0 aliphatic carbocycles. The molecule has 1 amide bonds. The van der Waals surface area contributed by atoms with E-state index in [4.69, 9.17) is 18.9 Å². The molecule has 1 saturated heterocycles. The summed E-state index contributed by atoms with van der Waals surface area (Å²) in [6.45, 7) is 4.20. The van der Waals surface area contributed by atoms with Crippen LogP contribution in [-0.2, 0) is 56.8 Å². The number of sulfonamides is 1. The first-order chi connectivity index (χ1) is 31.1. The van der Waals surface area contributed by atoms with Gasteiger partial charge < -0.3 is 29.4 Å². The van der Waals surface area contributed by atoms with Gasteiger partial charge in [0.15, 0.2) is 17.8 Å². The maximum atomic E-state index is 13.8. The Balaban J connectivity index is 1.03. The van der Waals surface area contributed by atoms with Gasteiger partial charge in [-0.15, -0.1) is 0 Å². The summed E-state index contributed by atoms with van der Waals surface area (Å²) in [5.41, 5.74) is 8.73. The van der Waals surface area contributed by atoms with Crippen LogP contribution in [-0.4, -0.2) is 63.8 Å². The molecule has 0 saturated carbocycles. The summed E-state index contributed by atoms with van der Waals surface area (Å²) in [5, 5.41) is 12.8. The molecule has 0 spiro atoms. The normalized spacial score (nSPS) is 19.3. The number of nitrogens with zero attached hydrogens (tertiary/aromatic N) is 1. The minimum Gasteiger partial charge on any atom is -0.493 e. The van der Waals surface area contributed by atoms with Gasteiger partial charge in [-0.2, -0.15) is 4.72 Å². The lowest BCUT2D eigenvalue weighted by atomic mass is 9.82. The van der Waals surface area contributed by atoms with Crippen LogP contribution in [0.4, 0.5) is 0 Å². The number of carbonyl (C=O) groups excluding carboxylic acids is 1. The molecule has 1 unspecified atom stereocenters. The van der Waals surface area contributed by atoms with Crippen LogP contribution in [0.25, 0.3) is 0 Å². The van der Waals surface area contributed by atoms with E-state index in [1.165, 1.54) is 23.3 Å². The second-order valence-electron chi connectivity index (χ2n) is 16.5. The molecule has 0 radical (unpaired) electrons. The molecule has 2 aliphatic rings. The number of nitrogens with one attached hydrogen (secondary N) is 2. The maximum Gasteiger partial charge on any atom is 0.241 e. The van der Waals surface area contributed by atoms with Gasteiger partial charge in [-0.1, -0.05) is 127 Å². The minimum atomic E-state index is -3.99. The van der Waals surface area contributed by atoms with Crippen molar-refractivity contribution < 1.29 is 37.3 Å². The third-order valence-electron chi connectivity index (χ3n) is 12.2. The molecule has 2 heterocycles. The molecule has 8 rings (SSSR count). The topological polar surface area (TPSA) is 136 Å². The van der Waals surface area contributed by atoms with Crippen molar-refractivity contribution in [1.82, 2.24) is 14.9 Å². The van der Waals surface area contributed by atoms with E-state index in [9.17, 15) is 18.3 Å². The van der Waals surface area contributed by atoms with E-state index < -0.39 is 28.3 Å². The Labute approximate surface area is 376 Å². The summed E-state index contributed by atoms with van der Waals surface area (Å²) in [7, 11) is -0.671. The van der Waals surface area contributed by atoms with E-state index in [1.54, 1.807) is 26.4 Å². The van der Waals surface area contributed by atoms with Crippen molar-refractivity contribution in [2.45, 2.75) is 74.8 Å². The number of methoxy groups -OCH3 is 2. The van der Waals surface area contributed by atoms with E-state index >= 15 is 0 Å². The van der Waals surface area contributed by atoms with Gasteiger partial charge in [-0.3, -0.25) is 9.69 Å². The quantitative estimate of drug-likeness (QED) is 0.0894. The van der Waals surface area contributed by atoms with Gasteiger partial charge in [0.2, 0.25) is 15.9 Å². The summed E-state index contributed by atoms with van der Waals surface area (Å²) in [4.78, 5) is 16.3. The lowest BCUT2D eigenvalue weighted by Crippen LogP contribution is -2.47. The monoisotopic (exact) mass is 881 g/mol. The number of hydrogen-bond donors (Lipinski definition) is 3. The number of aliphatic hydroxyl groups is 1. The first-order valence-electron chi connectivity index (χ1n) is 21.6. The van der Waals surface area contributed by atoms with Crippen molar-refractivity contribution in [2.24, 2.45) is 0 Å². The fraction of sp³-hybridized carbons (Fsp3) is 0.288. The molecule has 6 aromatic carbocycles. The van der Waals surface area contributed by atoms with Gasteiger partial charge >= 0.3 is 0 Å². The molecule has 11 nitrogen and oxygen atoms in total. The summed E-state index contributed by atoms with van der Waals surface area (Å²) >= 11 is 0. The van der Waals surface area contributed by atoms with Crippen LogP contribution in [0.15, 0.2) is 150 Å². The number of ether oxygens (including phenoxy) is 4. The number of carbonyl (C=O) groups is 1. The van der Waals surface area contributed by atoms with Gasteiger partial charge in [-0.25, -0.2) is 8.42 Å². The van der Waals surface area contributed by atoms with E-state index in [-0.39, 0.29) is 42.6 Å². The highest BCUT2D eigenvalue weighted by Gasteiger charge is 2.43. The number of amides is 1. The fourth-order valence-corrected chi connectivity index (χ4v) is 9.83. The predicted molar refractivity (Wildman–Crippen MR) is 245 cm³/mol. The van der Waals surface area contributed by atoms with E-state index in [0.717, 1.165) is 64.2 Å². The summed E-state index contributed by atoms with van der Waals surface area (Å²) < 4.78 is 54.8. The molecule has 3 N–H and O–H groups in total. The van der Waals surface area contributed by atoms with Crippen molar-refractivity contribution in [1.29, 1.82) is 0 Å². The largest absolute Gasteiger partial charge is 0.493 e. The van der Waals surface area contributed by atoms with E-state index in [0.29, 0.717) is 12.3 Å². The van der Waals surface area contributed by atoms with Crippen molar-refractivity contribution >= 4 is 15.9 Å². The SMILES string of the molecule is COc1cc2c(cc1OC)CN(C[C@H]1OC(c3ccc(CNC(=O)[C@@H](Cc4ccccc4)NS(=O)(=O)c4ccc(C)cc4)cc3)O[C@@H](c3ccc(CO)cc3)[C@@H]1c1ccccc1)CC2. The van der Waals surface area contributed by atoms with Crippen LogP contribution < -0.4 is 19.5 Å². The van der Waals surface area contributed by atoms with Gasteiger partial charge in [0.05, 0.1) is 37.9 Å². The van der Waals surface area contributed by atoms with Gasteiger partial charge in [0, 0.05) is 37.7 Å². The van der Waals surface area contributed by atoms with Crippen LogP contribution in [0.3, 0.4) is 0 Å². The summed E-state index contributed by atoms with van der Waals surface area (Å²) in [6, 6.07) is 45.0. The number of aliphatic hydroxyl groups excluding tert-OH is 1. The lowest BCUT2D eigenvalue weighted by Gasteiger charge is -2.45. The average molecular weight is 882 g/mol. The highest BCUT2D eigenvalue weighted by Crippen LogP contribution is 2.47. The molecule has 0 aromatic heterocycles. The Morgan fingerprint density at radius 3 is 2.03 bits per heavy atom. The fourth-order valence-electron chi connectivity index (χ4n) is 8.63. The first kappa shape index (κ1) is 44.7. The standard InChI is InChI=1S/C52H55N3O8S/c1-35-14-24-44(25-15-35)64(58,59)54-45(28-36-10-6-4-7-11-36)51(57)53-31-37-16-22-41(23-17-37)52-62-48(33-55-27-26-42-29-46(60-2)47(61-3)30-43(42)32-55)49(39-12-8-5-9-13-39)50(63-52)40-20-18-38(34-56)19-21-40/h4-25,29-30,45,48-50,52,54,56H,26-28,31-34H2,1-3H3,(H,53,57)/t45-,48-,49-,50+,52?/m1/s1. The number of rotatable bonds is 16. The number of benzene rings is 6. The van der Waals surface area contributed by atoms with E-state index in [1.807, 2.05) is 104 Å². The Hall–Kier alpha value is -5.86. The van der Waals surface area contributed by atoms with Crippen LogP contribution in [0, 0.1) is 6.92 Å². The Bertz CT molecular complexity index is 2590. The van der Waals surface area contributed by atoms with Crippen LogP contribution >= 0.6 is 0 Å². The van der Waals surface area contributed by atoms with Crippen molar-refractivity contribution in [3.05, 3.63) is 196 Å². The molecular weight excluding hydrogens is 827 g/mol. The lowest BCUT2D eigenvalue weighted by molar-refractivity contribution is -0.263. The summed E-state index contributed by atoms with van der Waals surface area (Å²) in [6.07, 6.45) is -0.355. The zero-order valence-corrected chi connectivity index (χ0v) is 37.2. The number of fused-ring (bicyclic) bond motifs is 1. The minimum absolute atomic E-state index is 0.0566. The third-order valence-corrected chi connectivity index (χ3v) is 13.6. The second-order valence-corrected chi connectivity index (χ2v) is 18.2. The van der Waals surface area contributed by atoms with Gasteiger partial charge in [0.1, 0.15) is 6.04 Å². The molecule has 0 bridgehead atoms. The van der Waals surface area contributed by atoms with Crippen LogP contribution in [0.1, 0.15) is 68.4 Å². The molecule has 2 aliphatic heterocycles. The molecule has 332 valence electrons. The third kappa shape index (κ3) is 10.6. The molecule has 1 fully saturated rings. The van der Waals surface area contributed by atoms with Crippen LogP contribution in [0.2, 0.25) is 0 Å². The average Bonchev–Trinajstić information content (AvgIpc) is 3.33. The second kappa shape index (κ2) is 20.3. The maximum absolute atomic E-state index is 13.8. The van der Waals surface area contributed by atoms with Crippen molar-refractivity contribution in [3.63, 3.8) is 0 Å². The highest BCUT2D eigenvalue weighted by molar-refractivity contribution is 7.89.